The molecule has 1 heterocycles. The largest absolute Gasteiger partial charge is 0.444 e. The summed E-state index contributed by atoms with van der Waals surface area (Å²) in [5.41, 5.74) is 7.65. The maximum atomic E-state index is 12.6. The summed E-state index contributed by atoms with van der Waals surface area (Å²) < 4.78 is 5.50. The summed E-state index contributed by atoms with van der Waals surface area (Å²) in [7, 11) is 0. The molecule has 1 unspecified atom stereocenters. The molecule has 0 radical (unpaired) electrons. The van der Waals surface area contributed by atoms with E-state index in [9.17, 15) is 9.90 Å². The molecule has 1 amide bonds. The number of nitrogens with two attached hydrogens (primary N) is 1. The fraction of sp³-hybridized carbons (Fsp3) is 0.545. The number of nitrogen functional groups attached to an aromatic ring is 1. The summed E-state index contributed by atoms with van der Waals surface area (Å²) in [6.45, 7) is 10.8. The van der Waals surface area contributed by atoms with Crippen LogP contribution in [0.2, 0.25) is 0 Å². The molecule has 1 aliphatic heterocycles. The van der Waals surface area contributed by atoms with E-state index in [1.807, 2.05) is 65.0 Å². The van der Waals surface area contributed by atoms with Gasteiger partial charge in [0.1, 0.15) is 5.60 Å². The van der Waals surface area contributed by atoms with E-state index in [0.29, 0.717) is 18.7 Å². The molecule has 6 heteroatoms. The van der Waals surface area contributed by atoms with Gasteiger partial charge in [-0.05, 0) is 56.9 Å². The molecule has 3 N–H and O–H groups in total. The van der Waals surface area contributed by atoms with Crippen LogP contribution < -0.4 is 5.73 Å². The number of carbonyl (C=O) groups excluding carboxylic acids is 1. The summed E-state index contributed by atoms with van der Waals surface area (Å²) in [6, 6.07) is 7.56. The van der Waals surface area contributed by atoms with Crippen molar-refractivity contribution >= 4 is 18.0 Å². The second-order valence-corrected chi connectivity index (χ2v) is 7.46. The summed E-state index contributed by atoms with van der Waals surface area (Å²) in [4.78, 5) is 18.3. The zero-order chi connectivity index (χ0) is 21.2. The third kappa shape index (κ3) is 8.57. The van der Waals surface area contributed by atoms with Crippen LogP contribution in [0.3, 0.4) is 0 Å². The molecule has 1 aromatic rings. The van der Waals surface area contributed by atoms with Crippen molar-refractivity contribution in [1.82, 2.24) is 4.90 Å². The molecular formula is C22H35N3O3. The first kappa shape index (κ1) is 23.7. The fourth-order valence-corrected chi connectivity index (χ4v) is 2.60. The number of hydrogen-bond acceptors (Lipinski definition) is 5. The molecule has 1 aliphatic rings. The molecule has 0 bridgehead atoms. The number of rotatable bonds is 6. The standard InChI is InChI=1S/C20H29N3O3.C2H6/c1-20(2,3)26-19(25)23(12-10-15-6-8-17(21)9-7-15)14-18(24)16-5-4-11-22-13-16;1-2/h5-9,13,18,24H,4,10-12,14,21H2,1-3H3;1-2H3. The minimum Gasteiger partial charge on any atom is -0.444 e. The van der Waals surface area contributed by atoms with E-state index in [1.165, 1.54) is 0 Å². The Hall–Kier alpha value is -2.34. The van der Waals surface area contributed by atoms with Crippen molar-refractivity contribution in [1.29, 1.82) is 0 Å². The van der Waals surface area contributed by atoms with E-state index in [-0.39, 0.29) is 6.54 Å². The van der Waals surface area contributed by atoms with Crippen LogP contribution in [-0.2, 0) is 11.2 Å². The van der Waals surface area contributed by atoms with E-state index < -0.39 is 17.8 Å². The third-order valence-electron chi connectivity index (χ3n) is 3.96. The van der Waals surface area contributed by atoms with Crippen molar-refractivity contribution in [2.24, 2.45) is 4.99 Å². The van der Waals surface area contributed by atoms with Gasteiger partial charge in [-0.15, -0.1) is 0 Å². The van der Waals surface area contributed by atoms with Crippen molar-refractivity contribution < 1.29 is 14.6 Å². The molecule has 1 atom stereocenters. The number of aliphatic imine (C=N–C) groups is 1. The average molecular weight is 390 g/mol. The molecular weight excluding hydrogens is 354 g/mol. The Morgan fingerprint density at radius 1 is 1.29 bits per heavy atom. The minimum absolute atomic E-state index is 0.168. The lowest BCUT2D eigenvalue weighted by atomic mass is 10.1. The van der Waals surface area contributed by atoms with Crippen LogP contribution in [0.5, 0.6) is 0 Å². The van der Waals surface area contributed by atoms with Crippen LogP contribution in [-0.4, -0.2) is 53.7 Å². The van der Waals surface area contributed by atoms with Crippen LogP contribution in [0.4, 0.5) is 10.5 Å². The molecule has 0 saturated carbocycles. The van der Waals surface area contributed by atoms with Gasteiger partial charge in [-0.1, -0.05) is 32.1 Å². The molecule has 156 valence electrons. The van der Waals surface area contributed by atoms with E-state index in [4.69, 9.17) is 10.5 Å². The normalized spacial score (nSPS) is 14.4. The highest BCUT2D eigenvalue weighted by Crippen LogP contribution is 2.14. The number of carbonyl (C=O) groups is 1. The van der Waals surface area contributed by atoms with E-state index in [0.717, 1.165) is 24.1 Å². The highest BCUT2D eigenvalue weighted by Gasteiger charge is 2.25. The maximum absolute atomic E-state index is 12.6. The molecule has 0 spiro atoms. The van der Waals surface area contributed by atoms with Gasteiger partial charge >= 0.3 is 6.09 Å². The Bertz CT molecular complexity index is 661. The van der Waals surface area contributed by atoms with Crippen molar-refractivity contribution in [3.05, 3.63) is 41.5 Å². The number of benzene rings is 1. The third-order valence-corrected chi connectivity index (χ3v) is 3.96. The number of dihydropyridines is 1. The van der Waals surface area contributed by atoms with Gasteiger partial charge in [-0.3, -0.25) is 4.99 Å². The first-order valence-electron chi connectivity index (χ1n) is 9.95. The molecule has 0 aromatic heterocycles. The van der Waals surface area contributed by atoms with Crippen molar-refractivity contribution in [2.45, 2.75) is 59.2 Å². The quantitative estimate of drug-likeness (QED) is 0.724. The van der Waals surface area contributed by atoms with Gasteiger partial charge in [-0.2, -0.15) is 0 Å². The first-order valence-corrected chi connectivity index (χ1v) is 9.95. The predicted molar refractivity (Wildman–Crippen MR) is 116 cm³/mol. The summed E-state index contributed by atoms with van der Waals surface area (Å²) in [5, 5.41) is 10.5. The Balaban J connectivity index is 0.00000190. The van der Waals surface area contributed by atoms with Gasteiger partial charge in [0.25, 0.3) is 0 Å². The second kappa shape index (κ2) is 11.5. The molecule has 2 rings (SSSR count). The van der Waals surface area contributed by atoms with Gasteiger partial charge in [0.2, 0.25) is 0 Å². The maximum Gasteiger partial charge on any atom is 0.410 e. The van der Waals surface area contributed by atoms with E-state index in [1.54, 1.807) is 11.1 Å². The highest BCUT2D eigenvalue weighted by atomic mass is 16.6. The van der Waals surface area contributed by atoms with Crippen molar-refractivity contribution in [2.75, 3.05) is 25.4 Å². The van der Waals surface area contributed by atoms with E-state index in [2.05, 4.69) is 4.99 Å². The molecule has 0 aliphatic carbocycles. The lowest BCUT2D eigenvalue weighted by Crippen LogP contribution is -2.42. The van der Waals surface area contributed by atoms with Crippen LogP contribution >= 0.6 is 0 Å². The lowest BCUT2D eigenvalue weighted by molar-refractivity contribution is 0.0181. The van der Waals surface area contributed by atoms with Crippen LogP contribution in [0.25, 0.3) is 0 Å². The predicted octanol–water partition coefficient (Wildman–Crippen LogP) is 3.84. The van der Waals surface area contributed by atoms with Crippen LogP contribution in [0.15, 0.2) is 40.9 Å². The molecule has 1 aromatic carbocycles. The summed E-state index contributed by atoms with van der Waals surface area (Å²) >= 11 is 0. The number of amides is 1. The molecule has 0 fully saturated rings. The van der Waals surface area contributed by atoms with Crippen LogP contribution in [0, 0.1) is 0 Å². The van der Waals surface area contributed by atoms with Gasteiger partial charge in [-0.25, -0.2) is 4.79 Å². The van der Waals surface area contributed by atoms with E-state index >= 15 is 0 Å². The zero-order valence-electron chi connectivity index (χ0n) is 17.8. The fourth-order valence-electron chi connectivity index (χ4n) is 2.60. The average Bonchev–Trinajstić information content (AvgIpc) is 2.67. The molecule has 28 heavy (non-hydrogen) atoms. The molecule has 0 saturated heterocycles. The van der Waals surface area contributed by atoms with Gasteiger partial charge in [0, 0.05) is 25.0 Å². The van der Waals surface area contributed by atoms with Gasteiger partial charge in [0.05, 0.1) is 12.6 Å². The Kier molecular flexibility index (Phi) is 9.73. The Labute approximate surface area is 169 Å². The highest BCUT2D eigenvalue weighted by molar-refractivity contribution is 5.81. The van der Waals surface area contributed by atoms with Crippen molar-refractivity contribution in [3.63, 3.8) is 0 Å². The number of hydrogen-bond donors (Lipinski definition) is 2. The smallest absolute Gasteiger partial charge is 0.410 e. The van der Waals surface area contributed by atoms with Crippen molar-refractivity contribution in [3.8, 4) is 0 Å². The van der Waals surface area contributed by atoms with Gasteiger partial charge in [0.15, 0.2) is 0 Å². The second-order valence-electron chi connectivity index (χ2n) is 7.46. The summed E-state index contributed by atoms with van der Waals surface area (Å²) in [5.74, 6) is 0. The number of nitrogens with zero attached hydrogens (tertiary/aromatic N) is 2. The Morgan fingerprint density at radius 3 is 2.46 bits per heavy atom. The monoisotopic (exact) mass is 389 g/mol. The lowest BCUT2D eigenvalue weighted by Gasteiger charge is -2.29. The number of aliphatic hydroxyl groups excluding tert-OH is 1. The molecule has 6 nitrogen and oxygen atoms in total. The minimum atomic E-state index is -0.780. The number of aliphatic hydroxyl groups is 1. The number of anilines is 1. The number of ether oxygens (including phenoxy) is 1. The topological polar surface area (TPSA) is 88.2 Å². The van der Waals surface area contributed by atoms with Gasteiger partial charge < -0.3 is 20.5 Å². The Morgan fingerprint density at radius 2 is 1.93 bits per heavy atom. The van der Waals surface area contributed by atoms with Crippen LogP contribution in [0.1, 0.15) is 46.6 Å². The SMILES string of the molecule is CC.CC(C)(C)OC(=O)N(CCc1ccc(N)cc1)CC(O)C1=CCCN=C1. The first-order chi connectivity index (χ1) is 13.2. The summed E-state index contributed by atoms with van der Waals surface area (Å²) in [6.07, 6.45) is 3.89. The zero-order valence-corrected chi connectivity index (χ0v) is 17.8.